The number of hydrazine groups is 1. The SMILES string of the molecule is NNC(CCc1ccccn1)Cc1csc2ccccc12. The van der Waals surface area contributed by atoms with Crippen molar-refractivity contribution in [3.63, 3.8) is 0 Å². The van der Waals surface area contributed by atoms with Crippen molar-refractivity contribution in [2.45, 2.75) is 25.3 Å². The normalized spacial score (nSPS) is 12.6. The number of hydrogen-bond donors (Lipinski definition) is 2. The highest BCUT2D eigenvalue weighted by Gasteiger charge is 2.11. The van der Waals surface area contributed by atoms with Crippen LogP contribution in [0.1, 0.15) is 17.7 Å². The van der Waals surface area contributed by atoms with Crippen molar-refractivity contribution in [1.29, 1.82) is 0 Å². The fourth-order valence-electron chi connectivity index (χ4n) is 2.57. The summed E-state index contributed by atoms with van der Waals surface area (Å²) in [5, 5.41) is 3.59. The maximum atomic E-state index is 5.73. The Labute approximate surface area is 128 Å². The number of fused-ring (bicyclic) bond motifs is 1. The van der Waals surface area contributed by atoms with Crippen LogP contribution in [0.25, 0.3) is 10.1 Å². The van der Waals surface area contributed by atoms with E-state index in [1.807, 2.05) is 18.3 Å². The zero-order valence-corrected chi connectivity index (χ0v) is 12.6. The third-order valence-electron chi connectivity index (χ3n) is 3.74. The number of nitrogens with two attached hydrogens (primary N) is 1. The van der Waals surface area contributed by atoms with E-state index in [1.54, 1.807) is 11.3 Å². The number of pyridine rings is 1. The Morgan fingerprint density at radius 1 is 1.14 bits per heavy atom. The first-order valence-corrected chi connectivity index (χ1v) is 8.06. The molecule has 1 unspecified atom stereocenters. The minimum atomic E-state index is 0.269. The molecule has 1 atom stereocenters. The predicted octanol–water partition coefficient (Wildman–Crippen LogP) is 3.30. The molecule has 108 valence electrons. The van der Waals surface area contributed by atoms with E-state index in [0.29, 0.717) is 0 Å². The molecule has 0 radical (unpaired) electrons. The lowest BCUT2D eigenvalue weighted by Gasteiger charge is -2.15. The summed E-state index contributed by atoms with van der Waals surface area (Å²) >= 11 is 1.80. The number of nitrogens with zero attached hydrogens (tertiary/aromatic N) is 1. The van der Waals surface area contributed by atoms with Crippen LogP contribution in [0.4, 0.5) is 0 Å². The van der Waals surface area contributed by atoms with Gasteiger partial charge in [-0.2, -0.15) is 0 Å². The predicted molar refractivity (Wildman–Crippen MR) is 89.2 cm³/mol. The molecule has 2 heterocycles. The first-order valence-electron chi connectivity index (χ1n) is 7.18. The zero-order chi connectivity index (χ0) is 14.5. The average Bonchev–Trinajstić information content (AvgIpc) is 2.95. The number of aromatic nitrogens is 1. The van der Waals surface area contributed by atoms with Crippen LogP contribution >= 0.6 is 11.3 Å². The van der Waals surface area contributed by atoms with Crippen LogP contribution in [0.5, 0.6) is 0 Å². The molecule has 2 aromatic heterocycles. The third-order valence-corrected chi connectivity index (χ3v) is 4.75. The van der Waals surface area contributed by atoms with Gasteiger partial charge in [-0.05, 0) is 53.8 Å². The molecule has 3 rings (SSSR count). The van der Waals surface area contributed by atoms with Gasteiger partial charge in [0.15, 0.2) is 0 Å². The molecular formula is C17H19N3S. The van der Waals surface area contributed by atoms with E-state index in [2.05, 4.69) is 46.1 Å². The second-order valence-electron chi connectivity index (χ2n) is 5.18. The number of aryl methyl sites for hydroxylation is 1. The summed E-state index contributed by atoms with van der Waals surface area (Å²) in [5.41, 5.74) is 5.45. The molecule has 0 amide bonds. The van der Waals surface area contributed by atoms with Gasteiger partial charge in [0.2, 0.25) is 0 Å². The van der Waals surface area contributed by atoms with Gasteiger partial charge in [0.1, 0.15) is 0 Å². The van der Waals surface area contributed by atoms with Crippen molar-refractivity contribution in [3.8, 4) is 0 Å². The van der Waals surface area contributed by atoms with Crippen LogP contribution in [0.2, 0.25) is 0 Å². The number of nitrogens with one attached hydrogen (secondary N) is 1. The van der Waals surface area contributed by atoms with Crippen molar-refractivity contribution < 1.29 is 0 Å². The van der Waals surface area contributed by atoms with Crippen LogP contribution in [0.15, 0.2) is 54.0 Å². The smallest absolute Gasteiger partial charge is 0.0404 e. The Balaban J connectivity index is 1.67. The second-order valence-corrected chi connectivity index (χ2v) is 6.10. The van der Waals surface area contributed by atoms with E-state index in [-0.39, 0.29) is 6.04 Å². The average molecular weight is 297 g/mol. The summed E-state index contributed by atoms with van der Waals surface area (Å²) in [6.07, 6.45) is 4.72. The van der Waals surface area contributed by atoms with Crippen molar-refractivity contribution in [2.75, 3.05) is 0 Å². The maximum absolute atomic E-state index is 5.73. The number of rotatable bonds is 6. The van der Waals surface area contributed by atoms with Crippen molar-refractivity contribution in [2.24, 2.45) is 5.84 Å². The van der Waals surface area contributed by atoms with E-state index in [0.717, 1.165) is 25.0 Å². The Hall–Kier alpha value is -1.75. The van der Waals surface area contributed by atoms with Crippen LogP contribution in [0, 0.1) is 0 Å². The van der Waals surface area contributed by atoms with Crippen LogP contribution < -0.4 is 11.3 Å². The monoisotopic (exact) mass is 297 g/mol. The zero-order valence-electron chi connectivity index (χ0n) is 11.8. The Kier molecular flexibility index (Phi) is 4.60. The molecule has 0 aliphatic rings. The second kappa shape index (κ2) is 6.80. The summed E-state index contributed by atoms with van der Waals surface area (Å²) in [6, 6.07) is 14.8. The van der Waals surface area contributed by atoms with Crippen LogP contribution in [-0.2, 0) is 12.8 Å². The standard InChI is InChI=1S/C17H19N3S/c18-20-15(9-8-14-5-3-4-10-19-14)11-13-12-21-17-7-2-1-6-16(13)17/h1-7,10,12,15,20H,8-9,11,18H2. The van der Waals surface area contributed by atoms with Crippen LogP contribution in [0.3, 0.4) is 0 Å². The summed E-state index contributed by atoms with van der Waals surface area (Å²) in [4.78, 5) is 4.37. The molecular weight excluding hydrogens is 278 g/mol. The quantitative estimate of drug-likeness (QED) is 0.542. The van der Waals surface area contributed by atoms with Gasteiger partial charge in [0.25, 0.3) is 0 Å². The van der Waals surface area contributed by atoms with E-state index in [4.69, 9.17) is 5.84 Å². The third kappa shape index (κ3) is 3.47. The molecule has 3 aromatic rings. The van der Waals surface area contributed by atoms with Gasteiger partial charge < -0.3 is 0 Å². The van der Waals surface area contributed by atoms with Gasteiger partial charge in [-0.1, -0.05) is 24.3 Å². The Morgan fingerprint density at radius 2 is 2.00 bits per heavy atom. The van der Waals surface area contributed by atoms with Gasteiger partial charge >= 0.3 is 0 Å². The summed E-state index contributed by atoms with van der Waals surface area (Å²) in [5.74, 6) is 5.73. The molecule has 0 spiro atoms. The summed E-state index contributed by atoms with van der Waals surface area (Å²) < 4.78 is 1.34. The van der Waals surface area contributed by atoms with Crippen LogP contribution in [-0.4, -0.2) is 11.0 Å². The molecule has 3 nitrogen and oxygen atoms in total. The minimum Gasteiger partial charge on any atom is -0.271 e. The molecule has 21 heavy (non-hydrogen) atoms. The first-order chi connectivity index (χ1) is 10.4. The highest BCUT2D eigenvalue weighted by atomic mass is 32.1. The molecule has 0 bridgehead atoms. The molecule has 4 heteroatoms. The maximum Gasteiger partial charge on any atom is 0.0404 e. The molecule has 0 saturated heterocycles. The molecule has 0 aliphatic carbocycles. The van der Waals surface area contributed by atoms with Crippen molar-refractivity contribution in [1.82, 2.24) is 10.4 Å². The van der Waals surface area contributed by atoms with E-state index in [9.17, 15) is 0 Å². The Morgan fingerprint density at radius 3 is 2.81 bits per heavy atom. The number of hydrogen-bond acceptors (Lipinski definition) is 4. The lowest BCUT2D eigenvalue weighted by molar-refractivity contribution is 0.490. The van der Waals surface area contributed by atoms with Gasteiger partial charge in [-0.25, -0.2) is 0 Å². The number of benzene rings is 1. The van der Waals surface area contributed by atoms with Gasteiger partial charge in [0.05, 0.1) is 0 Å². The fraction of sp³-hybridized carbons (Fsp3) is 0.235. The highest BCUT2D eigenvalue weighted by molar-refractivity contribution is 7.17. The molecule has 0 aliphatic heterocycles. The van der Waals surface area contributed by atoms with Crippen molar-refractivity contribution in [3.05, 3.63) is 65.3 Å². The van der Waals surface area contributed by atoms with E-state index in [1.165, 1.54) is 15.6 Å². The lowest BCUT2D eigenvalue weighted by atomic mass is 10.0. The fourth-order valence-corrected chi connectivity index (χ4v) is 3.54. The topological polar surface area (TPSA) is 50.9 Å². The lowest BCUT2D eigenvalue weighted by Crippen LogP contribution is -2.37. The molecule has 0 fully saturated rings. The summed E-state index contributed by atoms with van der Waals surface area (Å²) in [7, 11) is 0. The Bertz CT molecular complexity index is 693. The first kappa shape index (κ1) is 14.2. The molecule has 1 aromatic carbocycles. The van der Waals surface area contributed by atoms with Gasteiger partial charge in [-0.15, -0.1) is 11.3 Å². The highest BCUT2D eigenvalue weighted by Crippen LogP contribution is 2.26. The molecule has 3 N–H and O–H groups in total. The van der Waals surface area contributed by atoms with E-state index >= 15 is 0 Å². The van der Waals surface area contributed by atoms with Crippen molar-refractivity contribution >= 4 is 21.4 Å². The number of thiophene rings is 1. The molecule has 0 saturated carbocycles. The van der Waals surface area contributed by atoms with Gasteiger partial charge in [0, 0.05) is 22.6 Å². The minimum absolute atomic E-state index is 0.269. The largest absolute Gasteiger partial charge is 0.271 e. The van der Waals surface area contributed by atoms with E-state index < -0.39 is 0 Å². The summed E-state index contributed by atoms with van der Waals surface area (Å²) in [6.45, 7) is 0. The van der Waals surface area contributed by atoms with Gasteiger partial charge in [-0.3, -0.25) is 16.3 Å².